The van der Waals surface area contributed by atoms with Crippen LogP contribution in [0.15, 0.2) is 23.0 Å². The van der Waals surface area contributed by atoms with Gasteiger partial charge >= 0.3 is 0 Å². The Bertz CT molecular complexity index is 488. The molecule has 2 heterocycles. The molecule has 5 nitrogen and oxygen atoms in total. The molecule has 0 amide bonds. The Hall–Kier alpha value is -1.91. The summed E-state index contributed by atoms with van der Waals surface area (Å²) in [5.74, 6) is 0. The van der Waals surface area contributed by atoms with E-state index >= 15 is 0 Å². The third-order valence-corrected chi connectivity index (χ3v) is 1.70. The maximum absolute atomic E-state index is 11.0. The molecular formula is C7H4N2O3. The quantitative estimate of drug-likeness (QED) is 0.502. The van der Waals surface area contributed by atoms with Crippen LogP contribution in [0.1, 0.15) is 0 Å². The SMILES string of the molecule is O=c1[nH]c2ccc1c([N+](=O)[O-])c2. The summed E-state index contributed by atoms with van der Waals surface area (Å²) >= 11 is 0. The second-order valence-corrected chi connectivity index (χ2v) is 2.44. The van der Waals surface area contributed by atoms with Gasteiger partial charge in [0.15, 0.2) is 0 Å². The summed E-state index contributed by atoms with van der Waals surface area (Å²) in [6.45, 7) is 0. The molecule has 3 aromatic rings. The maximum atomic E-state index is 11.0. The highest BCUT2D eigenvalue weighted by Crippen LogP contribution is 2.19. The fourth-order valence-electron chi connectivity index (χ4n) is 1.15. The molecule has 0 atom stereocenters. The lowest BCUT2D eigenvalue weighted by Crippen LogP contribution is -2.09. The Morgan fingerprint density at radius 1 is 1.42 bits per heavy atom. The van der Waals surface area contributed by atoms with Crippen LogP contribution in [0.3, 0.4) is 0 Å². The van der Waals surface area contributed by atoms with Crippen molar-refractivity contribution in [3.8, 4) is 0 Å². The fraction of sp³-hybridized carbons (Fsp3) is 0. The van der Waals surface area contributed by atoms with Gasteiger partial charge in [0.1, 0.15) is 5.39 Å². The van der Waals surface area contributed by atoms with E-state index in [9.17, 15) is 14.9 Å². The lowest BCUT2D eigenvalue weighted by molar-refractivity contribution is -0.383. The molecule has 60 valence electrons. The number of pyridine rings is 2. The average molecular weight is 164 g/mol. The van der Waals surface area contributed by atoms with Crippen LogP contribution in [-0.2, 0) is 0 Å². The highest BCUT2D eigenvalue weighted by Gasteiger charge is 2.14. The molecule has 3 rings (SSSR count). The second-order valence-electron chi connectivity index (χ2n) is 2.44. The predicted molar refractivity (Wildman–Crippen MR) is 42.4 cm³/mol. The summed E-state index contributed by atoms with van der Waals surface area (Å²) in [7, 11) is 0. The number of aromatic nitrogens is 1. The number of nitro benzene ring substituents is 1. The monoisotopic (exact) mass is 164 g/mol. The third-order valence-electron chi connectivity index (χ3n) is 1.70. The molecular weight excluding hydrogens is 160 g/mol. The highest BCUT2D eigenvalue weighted by molar-refractivity contribution is 5.76. The largest absolute Gasteiger partial charge is 0.322 e. The molecule has 0 fully saturated rings. The van der Waals surface area contributed by atoms with Crippen molar-refractivity contribution in [2.24, 2.45) is 0 Å². The summed E-state index contributed by atoms with van der Waals surface area (Å²) < 4.78 is 0. The molecule has 1 aromatic carbocycles. The van der Waals surface area contributed by atoms with Crippen molar-refractivity contribution < 1.29 is 4.92 Å². The van der Waals surface area contributed by atoms with Crippen molar-refractivity contribution in [1.82, 2.24) is 4.98 Å². The van der Waals surface area contributed by atoms with E-state index in [0.717, 1.165) is 0 Å². The van der Waals surface area contributed by atoms with E-state index in [2.05, 4.69) is 4.98 Å². The molecule has 0 aliphatic heterocycles. The summed E-state index contributed by atoms with van der Waals surface area (Å²) in [5, 5.41) is 10.5. The Morgan fingerprint density at radius 2 is 2.17 bits per heavy atom. The minimum atomic E-state index is -0.558. The molecule has 0 aliphatic rings. The van der Waals surface area contributed by atoms with Gasteiger partial charge < -0.3 is 4.98 Å². The van der Waals surface area contributed by atoms with E-state index in [1.165, 1.54) is 12.1 Å². The van der Waals surface area contributed by atoms with Gasteiger partial charge in [-0.2, -0.15) is 0 Å². The van der Waals surface area contributed by atoms with E-state index in [1.807, 2.05) is 0 Å². The summed E-state index contributed by atoms with van der Waals surface area (Å²) in [4.78, 5) is 23.3. The molecule has 5 heteroatoms. The smallest absolute Gasteiger partial charge is 0.284 e. The first-order chi connectivity index (χ1) is 5.68. The van der Waals surface area contributed by atoms with Crippen molar-refractivity contribution in [2.75, 3.05) is 0 Å². The van der Waals surface area contributed by atoms with E-state index in [1.54, 1.807) is 6.07 Å². The molecule has 0 saturated carbocycles. The number of fused-ring (bicyclic) bond motifs is 3. The Morgan fingerprint density at radius 3 is 2.58 bits per heavy atom. The minimum absolute atomic E-state index is 0.120. The van der Waals surface area contributed by atoms with Crippen LogP contribution in [0.2, 0.25) is 0 Å². The standard InChI is InChI=1S/C7H4N2O3/c10-7-5-2-1-4(8-7)3-6(5)9(11)12/h1-3H,(H,8,10). The van der Waals surface area contributed by atoms with Gasteiger partial charge in [0.2, 0.25) is 0 Å². The topological polar surface area (TPSA) is 76.0 Å². The molecule has 2 aromatic heterocycles. The van der Waals surface area contributed by atoms with Crippen molar-refractivity contribution >= 4 is 16.6 Å². The van der Waals surface area contributed by atoms with Gasteiger partial charge in [0, 0.05) is 11.6 Å². The number of non-ortho nitro benzene ring substituents is 1. The normalized spacial score (nSPS) is 10.7. The van der Waals surface area contributed by atoms with Crippen molar-refractivity contribution in [3.05, 3.63) is 38.7 Å². The van der Waals surface area contributed by atoms with Gasteiger partial charge in [-0.15, -0.1) is 0 Å². The summed E-state index contributed by atoms with van der Waals surface area (Å²) in [6.07, 6.45) is 0. The first-order valence-corrected chi connectivity index (χ1v) is 3.28. The van der Waals surface area contributed by atoms with Crippen LogP contribution in [0.4, 0.5) is 5.69 Å². The zero-order valence-corrected chi connectivity index (χ0v) is 5.90. The molecule has 1 N–H and O–H groups in total. The number of hydrogen-bond acceptors (Lipinski definition) is 3. The summed E-state index contributed by atoms with van der Waals surface area (Å²) in [5.41, 5.74) is -0.0559. The minimum Gasteiger partial charge on any atom is -0.322 e. The third kappa shape index (κ3) is 0.763. The van der Waals surface area contributed by atoms with Gasteiger partial charge in [0.25, 0.3) is 11.2 Å². The van der Waals surface area contributed by atoms with E-state index in [-0.39, 0.29) is 11.1 Å². The van der Waals surface area contributed by atoms with Crippen LogP contribution in [0.25, 0.3) is 10.9 Å². The van der Waals surface area contributed by atoms with Gasteiger partial charge in [-0.25, -0.2) is 0 Å². The summed E-state index contributed by atoms with van der Waals surface area (Å²) in [6, 6.07) is 4.42. The zero-order chi connectivity index (χ0) is 8.72. The fourth-order valence-corrected chi connectivity index (χ4v) is 1.15. The Labute approximate surface area is 66.1 Å². The average Bonchev–Trinajstić information content (AvgIpc) is 2.04. The Kier molecular flexibility index (Phi) is 1.15. The number of benzene rings is 1. The first kappa shape index (κ1) is 6.78. The molecule has 0 radical (unpaired) electrons. The number of nitrogens with one attached hydrogen (secondary N) is 1. The number of hydrogen-bond donors (Lipinski definition) is 1. The maximum Gasteiger partial charge on any atom is 0.284 e. The number of H-pyrrole nitrogens is 1. The zero-order valence-electron chi connectivity index (χ0n) is 5.90. The van der Waals surface area contributed by atoms with Crippen molar-refractivity contribution in [3.63, 3.8) is 0 Å². The number of rotatable bonds is 1. The lowest BCUT2D eigenvalue weighted by atomic mass is 10.2. The predicted octanol–water partition coefficient (Wildman–Crippen LogP) is 0.874. The molecule has 0 unspecified atom stereocenters. The van der Waals surface area contributed by atoms with E-state index < -0.39 is 10.5 Å². The Balaban J connectivity index is 2.92. The second kappa shape index (κ2) is 2.04. The molecule has 12 heavy (non-hydrogen) atoms. The van der Waals surface area contributed by atoms with Gasteiger partial charge in [-0.3, -0.25) is 14.9 Å². The number of nitrogens with zero attached hydrogens (tertiary/aromatic N) is 1. The van der Waals surface area contributed by atoms with Crippen LogP contribution < -0.4 is 5.56 Å². The van der Waals surface area contributed by atoms with Crippen molar-refractivity contribution in [1.29, 1.82) is 0 Å². The molecule has 2 bridgehead atoms. The van der Waals surface area contributed by atoms with Crippen molar-refractivity contribution in [2.45, 2.75) is 0 Å². The first-order valence-electron chi connectivity index (χ1n) is 3.28. The van der Waals surface area contributed by atoms with Crippen LogP contribution in [0.5, 0.6) is 0 Å². The molecule has 0 saturated heterocycles. The lowest BCUT2D eigenvalue weighted by Gasteiger charge is -1.97. The van der Waals surface area contributed by atoms with Gasteiger partial charge in [-0.1, -0.05) is 0 Å². The number of aromatic amines is 1. The van der Waals surface area contributed by atoms with Gasteiger partial charge in [0.05, 0.1) is 4.92 Å². The number of nitro groups is 1. The van der Waals surface area contributed by atoms with Crippen LogP contribution >= 0.6 is 0 Å². The van der Waals surface area contributed by atoms with E-state index in [4.69, 9.17) is 0 Å². The molecule has 0 spiro atoms. The van der Waals surface area contributed by atoms with Crippen LogP contribution in [-0.4, -0.2) is 9.91 Å². The van der Waals surface area contributed by atoms with E-state index in [0.29, 0.717) is 5.52 Å². The molecule has 0 aliphatic carbocycles. The van der Waals surface area contributed by atoms with Gasteiger partial charge in [-0.05, 0) is 12.1 Å². The van der Waals surface area contributed by atoms with Crippen LogP contribution in [0, 0.1) is 10.1 Å². The highest BCUT2D eigenvalue weighted by atomic mass is 16.6.